The Morgan fingerprint density at radius 1 is 1.00 bits per heavy atom. The number of nitrogens with one attached hydrogen (secondary N) is 1. The van der Waals surface area contributed by atoms with E-state index in [1.165, 1.54) is 30.4 Å². The van der Waals surface area contributed by atoms with E-state index in [4.69, 9.17) is 4.74 Å². The van der Waals surface area contributed by atoms with Gasteiger partial charge in [-0.05, 0) is 60.4 Å². The standard InChI is InChI=1S/C41H54N2O4/c1-4-6-7-11-19-33(3)38-26-25-37(41(45)46)28-39(38)43(31-40(44)42-29-34-20-14-10-15-21-34)30-35(18-5-2)22-16-17-27-47-32-36-23-12-8-9-13-24-36/h8-10,12-18,20-21,23,25-26,28,33H,4-7,11,19,22,24,27,29-32H2,1-3H3,(H,42,44)(H,45,46)/b17-16-,35-18+. The van der Waals surface area contributed by atoms with E-state index in [-0.39, 0.29) is 23.9 Å². The summed E-state index contributed by atoms with van der Waals surface area (Å²) in [6.07, 6.45) is 24.9. The molecule has 6 heteroatoms. The summed E-state index contributed by atoms with van der Waals surface area (Å²) in [4.78, 5) is 27.6. The minimum absolute atomic E-state index is 0.103. The van der Waals surface area contributed by atoms with Crippen molar-refractivity contribution >= 4 is 17.6 Å². The minimum Gasteiger partial charge on any atom is -0.478 e. The SMILES string of the molecule is CC/C=C(\C/C=C\COCC1=CC=CC=CC1)CN(CC(=O)NCc1ccccc1)c1cc(C(=O)O)ccc1C(C)CCCCCC. The molecular weight excluding hydrogens is 584 g/mol. The van der Waals surface area contributed by atoms with Crippen LogP contribution in [-0.2, 0) is 16.1 Å². The van der Waals surface area contributed by atoms with Crippen LogP contribution in [0.5, 0.6) is 0 Å². The molecule has 0 spiro atoms. The number of nitrogens with zero attached hydrogens (tertiary/aromatic N) is 1. The van der Waals surface area contributed by atoms with Gasteiger partial charge in [-0.3, -0.25) is 4.79 Å². The summed E-state index contributed by atoms with van der Waals surface area (Å²) in [5, 5.41) is 13.0. The van der Waals surface area contributed by atoms with Crippen LogP contribution in [-0.4, -0.2) is 43.3 Å². The molecule has 3 rings (SSSR count). The van der Waals surface area contributed by atoms with Crippen LogP contribution in [0.1, 0.15) is 99.5 Å². The second-order valence-corrected chi connectivity index (χ2v) is 12.3. The summed E-state index contributed by atoms with van der Waals surface area (Å²) in [6.45, 7) is 8.73. The lowest BCUT2D eigenvalue weighted by Gasteiger charge is -2.30. The van der Waals surface area contributed by atoms with Crippen LogP contribution in [0.4, 0.5) is 5.69 Å². The van der Waals surface area contributed by atoms with Crippen LogP contribution in [0.15, 0.2) is 108 Å². The van der Waals surface area contributed by atoms with E-state index in [2.05, 4.69) is 67.4 Å². The zero-order chi connectivity index (χ0) is 33.7. The Bertz CT molecular complexity index is 1400. The fourth-order valence-corrected chi connectivity index (χ4v) is 5.69. The van der Waals surface area contributed by atoms with E-state index in [1.807, 2.05) is 48.6 Å². The number of rotatable bonds is 21. The fourth-order valence-electron chi connectivity index (χ4n) is 5.69. The molecule has 1 amide bonds. The third-order valence-electron chi connectivity index (χ3n) is 8.31. The van der Waals surface area contributed by atoms with Gasteiger partial charge in [-0.2, -0.15) is 0 Å². The summed E-state index contributed by atoms with van der Waals surface area (Å²) in [5.41, 5.74) is 5.57. The first-order valence-corrected chi connectivity index (χ1v) is 17.3. The van der Waals surface area contributed by atoms with Crippen LogP contribution in [0, 0.1) is 0 Å². The number of allylic oxidation sites excluding steroid dienone is 7. The lowest BCUT2D eigenvalue weighted by atomic mass is 9.91. The number of unbranched alkanes of at least 4 members (excludes halogenated alkanes) is 3. The number of ether oxygens (including phenoxy) is 1. The molecular formula is C41H54N2O4. The van der Waals surface area contributed by atoms with Crippen molar-refractivity contribution in [2.45, 2.75) is 84.6 Å². The van der Waals surface area contributed by atoms with Crippen LogP contribution in [0.2, 0.25) is 0 Å². The maximum atomic E-state index is 13.4. The third-order valence-corrected chi connectivity index (χ3v) is 8.31. The molecule has 0 radical (unpaired) electrons. The van der Waals surface area contributed by atoms with Gasteiger partial charge >= 0.3 is 5.97 Å². The van der Waals surface area contributed by atoms with Crippen molar-refractivity contribution in [3.05, 3.63) is 125 Å². The summed E-state index contributed by atoms with van der Waals surface area (Å²) in [6, 6.07) is 15.3. The molecule has 1 atom stereocenters. The molecule has 1 aliphatic rings. The molecule has 6 nitrogen and oxygen atoms in total. The molecule has 0 aliphatic heterocycles. The average molecular weight is 639 g/mol. The van der Waals surface area contributed by atoms with Gasteiger partial charge in [0, 0.05) is 18.8 Å². The van der Waals surface area contributed by atoms with Gasteiger partial charge in [0.2, 0.25) is 5.91 Å². The summed E-state index contributed by atoms with van der Waals surface area (Å²) < 4.78 is 5.90. The molecule has 1 unspecified atom stereocenters. The van der Waals surface area contributed by atoms with Gasteiger partial charge in [-0.15, -0.1) is 0 Å². The highest BCUT2D eigenvalue weighted by Crippen LogP contribution is 2.33. The number of carbonyl (C=O) groups is 2. The highest BCUT2D eigenvalue weighted by molar-refractivity contribution is 5.90. The van der Waals surface area contributed by atoms with Gasteiger partial charge in [-0.1, -0.05) is 137 Å². The van der Waals surface area contributed by atoms with Gasteiger partial charge < -0.3 is 20.1 Å². The lowest BCUT2D eigenvalue weighted by molar-refractivity contribution is -0.119. The molecule has 1 aliphatic carbocycles. The van der Waals surface area contributed by atoms with Crippen LogP contribution >= 0.6 is 0 Å². The average Bonchev–Trinajstić information content (AvgIpc) is 3.36. The Morgan fingerprint density at radius 3 is 2.60 bits per heavy atom. The van der Waals surface area contributed by atoms with E-state index in [9.17, 15) is 14.7 Å². The van der Waals surface area contributed by atoms with Gasteiger partial charge in [0.1, 0.15) is 0 Å². The van der Waals surface area contributed by atoms with Crippen molar-refractivity contribution in [1.82, 2.24) is 5.32 Å². The summed E-state index contributed by atoms with van der Waals surface area (Å²) >= 11 is 0. The second kappa shape index (κ2) is 21.6. The first-order valence-electron chi connectivity index (χ1n) is 17.3. The van der Waals surface area contributed by atoms with Crippen LogP contribution < -0.4 is 10.2 Å². The highest BCUT2D eigenvalue weighted by Gasteiger charge is 2.21. The number of anilines is 1. The Kier molecular flexibility index (Phi) is 17.1. The van der Waals surface area contributed by atoms with Gasteiger partial charge in [0.25, 0.3) is 0 Å². The van der Waals surface area contributed by atoms with E-state index in [1.54, 1.807) is 12.1 Å². The number of hydrogen-bond acceptors (Lipinski definition) is 4. The molecule has 0 saturated carbocycles. The zero-order valence-corrected chi connectivity index (χ0v) is 28.6. The van der Waals surface area contributed by atoms with Crippen molar-refractivity contribution in [3.63, 3.8) is 0 Å². The fraction of sp³-hybridized carbons (Fsp3) is 0.415. The smallest absolute Gasteiger partial charge is 0.335 e. The zero-order valence-electron chi connectivity index (χ0n) is 28.6. The third kappa shape index (κ3) is 14.0. The Balaban J connectivity index is 1.80. The Hall–Kier alpha value is -4.16. The maximum Gasteiger partial charge on any atom is 0.335 e. The molecule has 0 fully saturated rings. The molecule has 252 valence electrons. The van der Waals surface area contributed by atoms with E-state index < -0.39 is 5.97 Å². The normalized spacial score (nSPS) is 13.8. The van der Waals surface area contributed by atoms with E-state index in [0.717, 1.165) is 42.5 Å². The first kappa shape index (κ1) is 37.3. The summed E-state index contributed by atoms with van der Waals surface area (Å²) in [7, 11) is 0. The van der Waals surface area contributed by atoms with Gasteiger partial charge in [-0.25, -0.2) is 4.79 Å². The number of carbonyl (C=O) groups excluding carboxylic acids is 1. The predicted octanol–water partition coefficient (Wildman–Crippen LogP) is 9.32. The first-order chi connectivity index (χ1) is 22.9. The van der Waals surface area contributed by atoms with Crippen molar-refractivity contribution in [2.75, 3.05) is 31.2 Å². The van der Waals surface area contributed by atoms with Crippen molar-refractivity contribution in [2.24, 2.45) is 0 Å². The second-order valence-electron chi connectivity index (χ2n) is 12.3. The molecule has 2 N–H and O–H groups in total. The number of hydrogen-bond donors (Lipinski definition) is 2. The topological polar surface area (TPSA) is 78.9 Å². The number of carboxylic acids is 1. The molecule has 0 aromatic heterocycles. The Morgan fingerprint density at radius 2 is 1.83 bits per heavy atom. The molecule has 0 heterocycles. The molecule has 2 aromatic carbocycles. The van der Waals surface area contributed by atoms with Gasteiger partial charge in [0.05, 0.1) is 25.3 Å². The quantitative estimate of drug-likeness (QED) is 0.105. The largest absolute Gasteiger partial charge is 0.478 e. The minimum atomic E-state index is -0.971. The number of carboxylic acid groups (broad SMARTS) is 1. The Labute approximate surface area is 282 Å². The van der Waals surface area contributed by atoms with E-state index in [0.29, 0.717) is 32.7 Å². The summed E-state index contributed by atoms with van der Waals surface area (Å²) in [5.74, 6) is -0.848. The van der Waals surface area contributed by atoms with Crippen LogP contribution in [0.3, 0.4) is 0 Å². The molecule has 47 heavy (non-hydrogen) atoms. The van der Waals surface area contributed by atoms with E-state index >= 15 is 0 Å². The van der Waals surface area contributed by atoms with Crippen LogP contribution in [0.25, 0.3) is 0 Å². The van der Waals surface area contributed by atoms with Crippen molar-refractivity contribution in [1.29, 1.82) is 0 Å². The maximum absolute atomic E-state index is 13.4. The lowest BCUT2D eigenvalue weighted by Crippen LogP contribution is -2.38. The molecule has 0 saturated heterocycles. The predicted molar refractivity (Wildman–Crippen MR) is 195 cm³/mol. The monoisotopic (exact) mass is 638 g/mol. The van der Waals surface area contributed by atoms with Crippen molar-refractivity contribution in [3.8, 4) is 0 Å². The number of benzene rings is 2. The molecule has 0 bridgehead atoms. The van der Waals surface area contributed by atoms with Crippen molar-refractivity contribution < 1.29 is 19.4 Å². The number of aromatic carboxylic acids is 1. The number of amides is 1. The van der Waals surface area contributed by atoms with Gasteiger partial charge in [0.15, 0.2) is 0 Å². The molecule has 2 aromatic rings. The highest BCUT2D eigenvalue weighted by atomic mass is 16.5.